The van der Waals surface area contributed by atoms with Gasteiger partial charge < -0.3 is 19.4 Å². The smallest absolute Gasteiger partial charge is 0.410 e. The fourth-order valence-corrected chi connectivity index (χ4v) is 5.48. The number of likely N-dealkylation sites (tertiary alicyclic amines) is 2. The lowest BCUT2D eigenvalue weighted by Crippen LogP contribution is -2.49. The zero-order valence-corrected chi connectivity index (χ0v) is 22.6. The Bertz CT molecular complexity index is 622. The van der Waals surface area contributed by atoms with Crippen molar-refractivity contribution >= 4 is 12.0 Å². The van der Waals surface area contributed by atoms with Crippen LogP contribution in [0.2, 0.25) is 0 Å². The van der Waals surface area contributed by atoms with Crippen molar-refractivity contribution in [3.8, 4) is 0 Å². The minimum absolute atomic E-state index is 0.0196. The lowest BCUT2D eigenvalue weighted by atomic mass is 9.80. The van der Waals surface area contributed by atoms with Crippen molar-refractivity contribution in [3.05, 3.63) is 12.7 Å². The number of nitrogens with zero attached hydrogens (tertiary/aromatic N) is 3. The third kappa shape index (κ3) is 9.59. The van der Waals surface area contributed by atoms with Gasteiger partial charge in [-0.1, -0.05) is 39.2 Å². The normalized spacial score (nSPS) is 24.8. The van der Waals surface area contributed by atoms with E-state index in [0.29, 0.717) is 18.4 Å². The highest BCUT2D eigenvalue weighted by Crippen LogP contribution is 2.30. The Morgan fingerprint density at radius 2 is 1.62 bits per heavy atom. The molecule has 6 heteroatoms. The van der Waals surface area contributed by atoms with Crippen LogP contribution >= 0.6 is 0 Å². The zero-order chi connectivity index (χ0) is 25.1. The predicted octanol–water partition coefficient (Wildman–Crippen LogP) is 5.57. The van der Waals surface area contributed by atoms with E-state index in [4.69, 9.17) is 4.74 Å². The Morgan fingerprint density at radius 1 is 1.00 bits per heavy atom. The third-order valence-electron chi connectivity index (χ3n) is 7.94. The minimum atomic E-state index is -0.138. The number of hydrogen-bond acceptors (Lipinski definition) is 4. The topological polar surface area (TPSA) is 53.1 Å². The molecule has 0 aromatic heterocycles. The van der Waals surface area contributed by atoms with Crippen LogP contribution in [-0.2, 0) is 9.53 Å². The maximum atomic E-state index is 11.8. The van der Waals surface area contributed by atoms with Gasteiger partial charge in [0, 0.05) is 39.1 Å². The largest absolute Gasteiger partial charge is 0.447 e. The van der Waals surface area contributed by atoms with Gasteiger partial charge in [0.05, 0.1) is 6.10 Å². The SMILES string of the molecule is C=CCC(=O)N(C)C[C@H]1CCCC[C@@H]1C.CC1CCN(C2CCN(C(=O)OC(C)C)CC2)CC1. The second-order valence-corrected chi connectivity index (χ2v) is 11.2. The first-order chi connectivity index (χ1) is 16.2. The first kappa shape index (κ1) is 28.7. The second-order valence-electron chi connectivity index (χ2n) is 11.2. The maximum absolute atomic E-state index is 11.8. The van der Waals surface area contributed by atoms with E-state index in [9.17, 15) is 9.59 Å². The van der Waals surface area contributed by atoms with Crippen LogP contribution in [0.15, 0.2) is 12.7 Å². The standard InChI is InChI=1S/C15H28N2O2.C13H23NO/c1-12(2)19-15(18)17-10-6-14(7-11-17)16-8-4-13(3)5-9-16;1-4-7-13(15)14(3)10-12-9-6-5-8-11(12)2/h12-14H,4-11H2,1-3H3;4,11-12H,1,5-10H2,2-3H3/t;11-,12+/m.0/s1. The van der Waals surface area contributed by atoms with Gasteiger partial charge in [-0.05, 0) is 76.8 Å². The molecule has 0 aromatic rings. The van der Waals surface area contributed by atoms with E-state index >= 15 is 0 Å². The lowest BCUT2D eigenvalue weighted by molar-refractivity contribution is -0.129. The predicted molar refractivity (Wildman–Crippen MR) is 140 cm³/mol. The quantitative estimate of drug-likeness (QED) is 0.469. The molecule has 0 radical (unpaired) electrons. The summed E-state index contributed by atoms with van der Waals surface area (Å²) in [4.78, 5) is 29.8. The summed E-state index contributed by atoms with van der Waals surface area (Å²) in [5.74, 6) is 2.57. The summed E-state index contributed by atoms with van der Waals surface area (Å²) < 4.78 is 5.26. The maximum Gasteiger partial charge on any atom is 0.410 e. The van der Waals surface area contributed by atoms with E-state index in [1.54, 1.807) is 6.08 Å². The Hall–Kier alpha value is -1.56. The molecule has 3 aliphatic rings. The number of carbonyl (C=O) groups excluding carboxylic acids is 2. The Labute approximate surface area is 209 Å². The highest BCUT2D eigenvalue weighted by molar-refractivity contribution is 5.77. The zero-order valence-electron chi connectivity index (χ0n) is 22.6. The molecule has 2 heterocycles. The molecule has 3 rings (SSSR count). The monoisotopic (exact) mass is 477 g/mol. The van der Waals surface area contributed by atoms with E-state index in [0.717, 1.165) is 44.3 Å². The van der Waals surface area contributed by atoms with Crippen LogP contribution < -0.4 is 0 Å². The Kier molecular flexibility index (Phi) is 12.4. The Balaban J connectivity index is 0.000000248. The van der Waals surface area contributed by atoms with Crippen molar-refractivity contribution in [3.63, 3.8) is 0 Å². The summed E-state index contributed by atoms with van der Waals surface area (Å²) in [7, 11) is 1.91. The molecule has 2 atom stereocenters. The van der Waals surface area contributed by atoms with Crippen LogP contribution in [0.25, 0.3) is 0 Å². The number of hydrogen-bond donors (Lipinski definition) is 0. The molecular formula is C28H51N3O3. The number of rotatable bonds is 6. The van der Waals surface area contributed by atoms with Gasteiger partial charge in [-0.3, -0.25) is 4.79 Å². The fourth-order valence-electron chi connectivity index (χ4n) is 5.48. The molecule has 0 aromatic carbocycles. The number of carbonyl (C=O) groups is 2. The third-order valence-corrected chi connectivity index (χ3v) is 7.94. The van der Waals surface area contributed by atoms with Crippen molar-refractivity contribution in [1.29, 1.82) is 0 Å². The van der Waals surface area contributed by atoms with Crippen molar-refractivity contribution < 1.29 is 14.3 Å². The van der Waals surface area contributed by atoms with Crippen LogP contribution in [-0.4, -0.2) is 78.6 Å². The van der Waals surface area contributed by atoms with Gasteiger partial charge in [0.1, 0.15) is 0 Å². The van der Waals surface area contributed by atoms with Gasteiger partial charge in [-0.15, -0.1) is 6.58 Å². The van der Waals surface area contributed by atoms with Gasteiger partial charge >= 0.3 is 6.09 Å². The van der Waals surface area contributed by atoms with Crippen molar-refractivity contribution in [2.45, 2.75) is 97.6 Å². The first-order valence-electron chi connectivity index (χ1n) is 13.8. The molecule has 0 bridgehead atoms. The molecular weight excluding hydrogens is 426 g/mol. The molecule has 34 heavy (non-hydrogen) atoms. The van der Waals surface area contributed by atoms with E-state index < -0.39 is 0 Å². The fraction of sp³-hybridized carbons (Fsp3) is 0.857. The lowest BCUT2D eigenvalue weighted by Gasteiger charge is -2.41. The van der Waals surface area contributed by atoms with Crippen LogP contribution in [0.1, 0.15) is 85.5 Å². The van der Waals surface area contributed by atoms with E-state index in [1.807, 2.05) is 30.7 Å². The second kappa shape index (κ2) is 14.8. The highest BCUT2D eigenvalue weighted by Gasteiger charge is 2.29. The molecule has 0 spiro atoms. The Morgan fingerprint density at radius 3 is 2.18 bits per heavy atom. The summed E-state index contributed by atoms with van der Waals surface area (Å²) in [6, 6.07) is 0.676. The van der Waals surface area contributed by atoms with Crippen LogP contribution in [0.5, 0.6) is 0 Å². The molecule has 196 valence electrons. The number of amides is 2. The molecule has 1 aliphatic carbocycles. The average Bonchev–Trinajstić information content (AvgIpc) is 2.81. The minimum Gasteiger partial charge on any atom is -0.447 e. The molecule has 2 amide bonds. The molecule has 2 saturated heterocycles. The highest BCUT2D eigenvalue weighted by atomic mass is 16.6. The van der Waals surface area contributed by atoms with Crippen molar-refractivity contribution in [1.82, 2.24) is 14.7 Å². The van der Waals surface area contributed by atoms with Crippen molar-refractivity contribution in [2.24, 2.45) is 17.8 Å². The summed E-state index contributed by atoms with van der Waals surface area (Å²) in [6.45, 7) is 17.2. The van der Waals surface area contributed by atoms with Crippen LogP contribution in [0.3, 0.4) is 0 Å². The molecule has 0 N–H and O–H groups in total. The molecule has 0 unspecified atom stereocenters. The van der Waals surface area contributed by atoms with Gasteiger partial charge in [0.2, 0.25) is 5.91 Å². The van der Waals surface area contributed by atoms with E-state index in [2.05, 4.69) is 25.3 Å². The van der Waals surface area contributed by atoms with Gasteiger partial charge in [0.25, 0.3) is 0 Å². The molecule has 2 aliphatic heterocycles. The summed E-state index contributed by atoms with van der Waals surface area (Å²) in [5, 5.41) is 0. The van der Waals surface area contributed by atoms with Gasteiger partial charge in [-0.2, -0.15) is 0 Å². The molecule has 3 fully saturated rings. The summed E-state index contributed by atoms with van der Waals surface area (Å²) in [5.41, 5.74) is 0. The summed E-state index contributed by atoms with van der Waals surface area (Å²) in [6.07, 6.45) is 12.2. The van der Waals surface area contributed by atoms with Gasteiger partial charge in [0.15, 0.2) is 0 Å². The van der Waals surface area contributed by atoms with E-state index in [1.165, 1.54) is 51.6 Å². The van der Waals surface area contributed by atoms with Gasteiger partial charge in [-0.25, -0.2) is 4.79 Å². The molecule has 6 nitrogen and oxygen atoms in total. The van der Waals surface area contributed by atoms with Crippen LogP contribution in [0, 0.1) is 17.8 Å². The molecule has 1 saturated carbocycles. The number of ether oxygens (including phenoxy) is 1. The number of piperidine rings is 2. The van der Waals surface area contributed by atoms with Crippen molar-refractivity contribution in [2.75, 3.05) is 39.8 Å². The first-order valence-corrected chi connectivity index (χ1v) is 13.8. The van der Waals surface area contributed by atoms with Crippen LogP contribution in [0.4, 0.5) is 4.79 Å². The van der Waals surface area contributed by atoms with E-state index in [-0.39, 0.29) is 18.1 Å². The summed E-state index contributed by atoms with van der Waals surface area (Å²) >= 11 is 0. The average molecular weight is 478 g/mol.